The van der Waals surface area contributed by atoms with Crippen molar-refractivity contribution in [1.29, 1.82) is 0 Å². The van der Waals surface area contributed by atoms with Gasteiger partial charge >= 0.3 is 5.97 Å². The maximum Gasteiger partial charge on any atom is 0.337 e. The molecule has 0 radical (unpaired) electrons. The van der Waals surface area contributed by atoms with Crippen LogP contribution in [0.4, 0.5) is 4.39 Å². The molecule has 4 aromatic rings. The number of imidazole rings is 1. The fraction of sp³-hybridized carbons (Fsp3) is 0.364. The van der Waals surface area contributed by atoms with E-state index in [1.807, 2.05) is 24.3 Å². The molecule has 0 unspecified atom stereocenters. The largest absolute Gasteiger partial charge is 0.473 e. The van der Waals surface area contributed by atoms with Crippen LogP contribution in [0, 0.1) is 18.2 Å². The van der Waals surface area contributed by atoms with Gasteiger partial charge in [0.25, 0.3) is 0 Å². The smallest absolute Gasteiger partial charge is 0.337 e. The number of esters is 1. The quantitative estimate of drug-likeness (QED) is 0.206. The minimum Gasteiger partial charge on any atom is -0.473 e. The number of rotatable bonds is 9. The number of halogens is 1. The average molecular weight is 569 g/mol. The molecule has 2 saturated heterocycles. The van der Waals surface area contributed by atoms with E-state index in [1.54, 1.807) is 24.3 Å². The summed E-state index contributed by atoms with van der Waals surface area (Å²) in [7, 11) is 1.39. The monoisotopic (exact) mass is 568 g/mol. The Morgan fingerprint density at radius 1 is 1.12 bits per heavy atom. The van der Waals surface area contributed by atoms with Gasteiger partial charge in [0.1, 0.15) is 18.2 Å². The second-order valence-electron chi connectivity index (χ2n) is 10.8. The first-order chi connectivity index (χ1) is 20.5. The second kappa shape index (κ2) is 12.3. The summed E-state index contributed by atoms with van der Waals surface area (Å²) in [6.07, 6.45) is 8.44. The highest BCUT2D eigenvalue weighted by Crippen LogP contribution is 2.30. The van der Waals surface area contributed by atoms with Crippen LogP contribution in [0.25, 0.3) is 11.0 Å². The van der Waals surface area contributed by atoms with Crippen molar-refractivity contribution in [2.45, 2.75) is 51.0 Å². The molecule has 2 aliphatic heterocycles. The molecule has 2 aromatic heterocycles. The van der Waals surface area contributed by atoms with Gasteiger partial charge in [-0.2, -0.15) is 0 Å². The van der Waals surface area contributed by atoms with Crippen LogP contribution in [0.2, 0.25) is 0 Å². The van der Waals surface area contributed by atoms with Crippen LogP contribution in [0.15, 0.2) is 54.6 Å². The summed E-state index contributed by atoms with van der Waals surface area (Å²) < 4.78 is 33.0. The molecule has 216 valence electrons. The molecule has 0 amide bonds. The number of benzene rings is 2. The summed E-state index contributed by atoms with van der Waals surface area (Å²) in [5.41, 5.74) is 4.22. The zero-order valence-electron chi connectivity index (χ0n) is 23.6. The number of carbonyl (C=O) groups excluding carboxylic acids is 1. The highest BCUT2D eigenvalue weighted by molar-refractivity contribution is 5.93. The third kappa shape index (κ3) is 6.01. The van der Waals surface area contributed by atoms with Crippen molar-refractivity contribution in [1.82, 2.24) is 19.4 Å². The van der Waals surface area contributed by atoms with Crippen LogP contribution in [0.1, 0.15) is 58.2 Å². The van der Waals surface area contributed by atoms with E-state index in [4.69, 9.17) is 30.6 Å². The Hall–Kier alpha value is -4.26. The van der Waals surface area contributed by atoms with Gasteiger partial charge in [0.2, 0.25) is 5.88 Å². The normalized spacial score (nSPS) is 17.5. The molecule has 2 aromatic carbocycles. The molecule has 9 heteroatoms. The number of nitrogens with zero attached hydrogens (tertiary/aromatic N) is 4. The first-order valence-corrected chi connectivity index (χ1v) is 14.3. The fourth-order valence-corrected chi connectivity index (χ4v) is 5.61. The number of carbonyl (C=O) groups is 1. The molecule has 6 rings (SSSR count). The molecule has 0 bridgehead atoms. The Morgan fingerprint density at radius 3 is 2.67 bits per heavy atom. The maximum absolute atomic E-state index is 14.3. The highest BCUT2D eigenvalue weighted by atomic mass is 19.1. The number of hydrogen-bond donors (Lipinski definition) is 0. The Morgan fingerprint density at radius 2 is 1.95 bits per heavy atom. The third-order valence-corrected chi connectivity index (χ3v) is 8.14. The SMILES string of the molecule is C#Cc1ccc(COc2cccc(C3CCN(Cc4nc5ccc(C(=O)OC)cc5n4C[C@@H]4CCO4)CC3)n2)c(F)c1. The Bertz CT molecular complexity index is 1630. The topological polar surface area (TPSA) is 78.7 Å². The molecule has 0 N–H and O–H groups in total. The molecular formula is C33H33FN4O4. The summed E-state index contributed by atoms with van der Waals surface area (Å²) in [5.74, 6) is 3.45. The van der Waals surface area contributed by atoms with E-state index in [9.17, 15) is 9.18 Å². The summed E-state index contributed by atoms with van der Waals surface area (Å²) in [6, 6.07) is 16.0. The average Bonchev–Trinajstić information content (AvgIpc) is 3.34. The standard InChI is InChI=1S/C33H33FN4O4/c1-3-22-7-8-25(27(34)17-22)21-42-32-6-4-5-28(36-32)23-11-14-37(15-12-23)20-31-35-29-10-9-24(33(39)40-2)18-30(29)38(31)19-26-13-16-41-26/h1,4-10,17-18,23,26H,11-16,19-21H2,2H3/t26-/m0/s1. The van der Waals surface area contributed by atoms with Gasteiger partial charge in [-0.15, -0.1) is 6.42 Å². The van der Waals surface area contributed by atoms with Crippen molar-refractivity contribution in [2.75, 3.05) is 26.8 Å². The van der Waals surface area contributed by atoms with Gasteiger partial charge in [-0.1, -0.05) is 18.1 Å². The molecule has 42 heavy (non-hydrogen) atoms. The van der Waals surface area contributed by atoms with Crippen LogP contribution < -0.4 is 4.74 Å². The van der Waals surface area contributed by atoms with E-state index >= 15 is 0 Å². The lowest BCUT2D eigenvalue weighted by Crippen LogP contribution is -2.35. The van der Waals surface area contributed by atoms with E-state index in [0.717, 1.165) is 61.5 Å². The van der Waals surface area contributed by atoms with Crippen LogP contribution >= 0.6 is 0 Å². The predicted octanol–water partition coefficient (Wildman–Crippen LogP) is 5.09. The van der Waals surface area contributed by atoms with E-state index in [0.29, 0.717) is 41.6 Å². The molecule has 4 heterocycles. The zero-order chi connectivity index (χ0) is 29.1. The fourth-order valence-electron chi connectivity index (χ4n) is 5.61. The van der Waals surface area contributed by atoms with Crippen molar-refractivity contribution >= 4 is 17.0 Å². The Labute approximate surface area is 244 Å². The van der Waals surface area contributed by atoms with Crippen LogP contribution in [0.3, 0.4) is 0 Å². The molecule has 8 nitrogen and oxygen atoms in total. The molecule has 2 fully saturated rings. The van der Waals surface area contributed by atoms with Gasteiger partial charge in [-0.25, -0.2) is 19.2 Å². The second-order valence-corrected chi connectivity index (χ2v) is 10.8. The Kier molecular flexibility index (Phi) is 8.17. The third-order valence-electron chi connectivity index (χ3n) is 8.14. The van der Waals surface area contributed by atoms with Gasteiger partial charge in [0.15, 0.2) is 0 Å². The molecule has 0 aliphatic carbocycles. The highest BCUT2D eigenvalue weighted by Gasteiger charge is 2.26. The molecule has 2 aliphatic rings. The van der Waals surface area contributed by atoms with Crippen LogP contribution in [-0.4, -0.2) is 58.3 Å². The van der Waals surface area contributed by atoms with Crippen LogP contribution in [0.5, 0.6) is 5.88 Å². The lowest BCUT2D eigenvalue weighted by atomic mass is 9.93. The Balaban J connectivity index is 1.10. The number of piperidine rings is 1. The molecule has 0 saturated carbocycles. The number of methoxy groups -OCH3 is 1. The minimum atomic E-state index is -0.383. The number of pyridine rings is 1. The van der Waals surface area contributed by atoms with Crippen LogP contribution in [-0.2, 0) is 29.2 Å². The first kappa shape index (κ1) is 27.9. The summed E-state index contributed by atoms with van der Waals surface area (Å²) in [4.78, 5) is 24.3. The maximum atomic E-state index is 14.3. The van der Waals surface area contributed by atoms with Crippen molar-refractivity contribution in [3.05, 3.63) is 88.6 Å². The predicted molar refractivity (Wildman–Crippen MR) is 156 cm³/mol. The van der Waals surface area contributed by atoms with Crippen molar-refractivity contribution in [2.24, 2.45) is 0 Å². The molecular weight excluding hydrogens is 535 g/mol. The van der Waals surface area contributed by atoms with Gasteiger partial charge in [-0.05, 0) is 68.8 Å². The summed E-state index contributed by atoms with van der Waals surface area (Å²) in [6.45, 7) is 4.09. The van der Waals surface area contributed by atoms with Crippen molar-refractivity contribution in [3.63, 3.8) is 0 Å². The van der Waals surface area contributed by atoms with E-state index in [-0.39, 0.29) is 24.5 Å². The van der Waals surface area contributed by atoms with Gasteiger partial charge in [0.05, 0.1) is 42.9 Å². The minimum absolute atomic E-state index is 0.0829. The van der Waals surface area contributed by atoms with E-state index < -0.39 is 0 Å². The zero-order valence-corrected chi connectivity index (χ0v) is 23.6. The lowest BCUT2D eigenvalue weighted by Gasteiger charge is -2.32. The van der Waals surface area contributed by atoms with E-state index in [2.05, 4.69) is 15.4 Å². The van der Waals surface area contributed by atoms with Gasteiger partial charge < -0.3 is 18.8 Å². The van der Waals surface area contributed by atoms with Crippen molar-refractivity contribution in [3.8, 4) is 18.2 Å². The van der Waals surface area contributed by atoms with E-state index in [1.165, 1.54) is 13.2 Å². The summed E-state index contributed by atoms with van der Waals surface area (Å²) >= 11 is 0. The number of terminal acetylenes is 1. The lowest BCUT2D eigenvalue weighted by molar-refractivity contribution is -0.0592. The molecule has 0 spiro atoms. The van der Waals surface area contributed by atoms with Gasteiger partial charge in [0, 0.05) is 35.4 Å². The van der Waals surface area contributed by atoms with Crippen molar-refractivity contribution < 1.29 is 23.4 Å². The number of aromatic nitrogens is 3. The molecule has 1 atom stereocenters. The number of hydrogen-bond acceptors (Lipinski definition) is 7. The number of fused-ring (bicyclic) bond motifs is 1. The van der Waals surface area contributed by atoms with Gasteiger partial charge in [-0.3, -0.25) is 4.90 Å². The number of ether oxygens (including phenoxy) is 3. The number of likely N-dealkylation sites (tertiary alicyclic amines) is 1. The summed E-state index contributed by atoms with van der Waals surface area (Å²) in [5, 5.41) is 0. The first-order valence-electron chi connectivity index (χ1n) is 14.3.